The summed E-state index contributed by atoms with van der Waals surface area (Å²) in [6.45, 7) is 0. The van der Waals surface area contributed by atoms with Gasteiger partial charge in [0.15, 0.2) is 0 Å². The van der Waals surface area contributed by atoms with E-state index >= 15 is 0 Å². The standard InChI is InChI=1S/C17H18F3N3O4S/c1-21-28(25,26)13-7-8-15(14(10-13)16(24)23(2)27-3)22-12-6-4-5-11(9-12)17(18,19)20/h4-10,21-22H,1-3H3. The molecule has 1 amide bonds. The summed E-state index contributed by atoms with van der Waals surface area (Å²) >= 11 is 0. The average Bonchev–Trinajstić information content (AvgIpc) is 2.66. The molecule has 0 radical (unpaired) electrons. The minimum Gasteiger partial charge on any atom is -0.355 e. The number of rotatable bonds is 6. The molecule has 2 N–H and O–H groups in total. The van der Waals surface area contributed by atoms with E-state index in [1.54, 1.807) is 0 Å². The van der Waals surface area contributed by atoms with Crippen LogP contribution in [0, 0.1) is 0 Å². The predicted octanol–water partition coefficient (Wildman–Crippen LogP) is 2.99. The number of hydroxylamine groups is 2. The molecule has 0 saturated carbocycles. The zero-order valence-electron chi connectivity index (χ0n) is 15.2. The smallest absolute Gasteiger partial charge is 0.355 e. The van der Waals surface area contributed by atoms with Gasteiger partial charge in [-0.25, -0.2) is 18.2 Å². The molecule has 0 saturated heterocycles. The van der Waals surface area contributed by atoms with Crippen LogP contribution in [0.4, 0.5) is 24.5 Å². The van der Waals surface area contributed by atoms with Crippen LogP contribution in [-0.2, 0) is 21.0 Å². The molecule has 28 heavy (non-hydrogen) atoms. The zero-order valence-corrected chi connectivity index (χ0v) is 16.0. The van der Waals surface area contributed by atoms with Gasteiger partial charge < -0.3 is 5.32 Å². The monoisotopic (exact) mass is 417 g/mol. The largest absolute Gasteiger partial charge is 0.416 e. The van der Waals surface area contributed by atoms with E-state index in [-0.39, 0.29) is 21.8 Å². The van der Waals surface area contributed by atoms with Gasteiger partial charge >= 0.3 is 6.18 Å². The number of alkyl halides is 3. The van der Waals surface area contributed by atoms with Crippen molar-refractivity contribution in [1.29, 1.82) is 0 Å². The third-order valence-electron chi connectivity index (χ3n) is 3.83. The molecule has 0 aromatic heterocycles. The minimum atomic E-state index is -4.53. The van der Waals surface area contributed by atoms with Crippen molar-refractivity contribution in [3.05, 3.63) is 53.6 Å². The van der Waals surface area contributed by atoms with Crippen LogP contribution in [0.1, 0.15) is 15.9 Å². The van der Waals surface area contributed by atoms with Crippen molar-refractivity contribution in [2.24, 2.45) is 0 Å². The van der Waals surface area contributed by atoms with Gasteiger partial charge in [0.2, 0.25) is 10.0 Å². The Hall–Kier alpha value is -2.63. The van der Waals surface area contributed by atoms with Crippen LogP contribution >= 0.6 is 0 Å². The molecule has 0 unspecified atom stereocenters. The molecule has 7 nitrogen and oxygen atoms in total. The first-order valence-corrected chi connectivity index (χ1v) is 9.32. The van der Waals surface area contributed by atoms with Crippen LogP contribution in [0.3, 0.4) is 0 Å². The number of halogens is 3. The van der Waals surface area contributed by atoms with Gasteiger partial charge in [-0.15, -0.1) is 0 Å². The zero-order chi connectivity index (χ0) is 21.1. The van der Waals surface area contributed by atoms with E-state index in [1.165, 1.54) is 45.5 Å². The molecule has 2 aromatic rings. The van der Waals surface area contributed by atoms with Crippen LogP contribution in [-0.4, -0.2) is 40.6 Å². The van der Waals surface area contributed by atoms with Crippen molar-refractivity contribution in [2.45, 2.75) is 11.1 Å². The minimum absolute atomic E-state index is 0.0770. The van der Waals surface area contributed by atoms with Gasteiger partial charge in [0.1, 0.15) is 0 Å². The van der Waals surface area contributed by atoms with Gasteiger partial charge in [0.05, 0.1) is 28.8 Å². The second kappa shape index (κ2) is 8.17. The maximum Gasteiger partial charge on any atom is 0.416 e. The summed E-state index contributed by atoms with van der Waals surface area (Å²) < 4.78 is 64.9. The predicted molar refractivity (Wildman–Crippen MR) is 96.5 cm³/mol. The molecule has 0 fully saturated rings. The molecule has 11 heteroatoms. The van der Waals surface area contributed by atoms with E-state index in [4.69, 9.17) is 4.84 Å². The highest BCUT2D eigenvalue weighted by Gasteiger charge is 2.30. The third-order valence-corrected chi connectivity index (χ3v) is 5.24. The molecule has 2 rings (SSSR count). The van der Waals surface area contributed by atoms with E-state index in [0.717, 1.165) is 23.3 Å². The molecule has 0 bridgehead atoms. The Bertz CT molecular complexity index is 978. The van der Waals surface area contributed by atoms with Crippen molar-refractivity contribution < 1.29 is 31.2 Å². The number of sulfonamides is 1. The number of benzene rings is 2. The van der Waals surface area contributed by atoms with Crippen LogP contribution in [0.2, 0.25) is 0 Å². The number of amides is 1. The lowest BCUT2D eigenvalue weighted by Crippen LogP contribution is -2.27. The van der Waals surface area contributed by atoms with Crippen LogP contribution < -0.4 is 10.0 Å². The Morgan fingerprint density at radius 2 is 1.82 bits per heavy atom. The van der Waals surface area contributed by atoms with E-state index < -0.39 is 27.7 Å². The number of hydrogen-bond donors (Lipinski definition) is 2. The SMILES string of the molecule is CNS(=O)(=O)c1ccc(Nc2cccc(C(F)(F)F)c2)c(C(=O)N(C)OC)c1. The van der Waals surface area contributed by atoms with Crippen molar-refractivity contribution in [1.82, 2.24) is 9.79 Å². The van der Waals surface area contributed by atoms with Crippen molar-refractivity contribution >= 4 is 27.3 Å². The topological polar surface area (TPSA) is 87.7 Å². The van der Waals surface area contributed by atoms with Gasteiger partial charge in [-0.05, 0) is 43.4 Å². The summed E-state index contributed by atoms with van der Waals surface area (Å²) in [6, 6.07) is 8.03. The lowest BCUT2D eigenvalue weighted by atomic mass is 10.1. The molecule has 0 aliphatic rings. The summed E-state index contributed by atoms with van der Waals surface area (Å²) in [5, 5.41) is 3.59. The molecular formula is C17H18F3N3O4S. The second-order valence-electron chi connectivity index (χ2n) is 5.60. The lowest BCUT2D eigenvalue weighted by molar-refractivity contribution is -0.137. The summed E-state index contributed by atoms with van der Waals surface area (Å²) in [6.07, 6.45) is -4.53. The second-order valence-corrected chi connectivity index (χ2v) is 7.49. The molecule has 2 aromatic carbocycles. The third kappa shape index (κ3) is 4.80. The summed E-state index contributed by atoms with van der Waals surface area (Å²) in [7, 11) is -0.0681. The van der Waals surface area contributed by atoms with Gasteiger partial charge in [-0.3, -0.25) is 9.63 Å². The number of anilines is 2. The van der Waals surface area contributed by atoms with Crippen LogP contribution in [0.25, 0.3) is 0 Å². The summed E-state index contributed by atoms with van der Waals surface area (Å²) in [5.41, 5.74) is -0.775. The quantitative estimate of drug-likeness (QED) is 0.706. The summed E-state index contributed by atoms with van der Waals surface area (Å²) in [5.74, 6) is -0.690. The first-order chi connectivity index (χ1) is 13.0. The highest BCUT2D eigenvalue weighted by atomic mass is 32.2. The van der Waals surface area contributed by atoms with Gasteiger partial charge in [-0.2, -0.15) is 13.2 Å². The maximum absolute atomic E-state index is 12.9. The molecule has 0 heterocycles. The number of nitrogens with one attached hydrogen (secondary N) is 2. The lowest BCUT2D eigenvalue weighted by Gasteiger charge is -2.18. The molecule has 0 aliphatic heterocycles. The molecular weight excluding hydrogens is 399 g/mol. The Balaban J connectivity index is 2.53. The van der Waals surface area contributed by atoms with E-state index in [1.807, 2.05) is 0 Å². The molecule has 0 aliphatic carbocycles. The fourth-order valence-corrected chi connectivity index (χ4v) is 3.03. The normalized spacial score (nSPS) is 11.9. The number of carbonyl (C=O) groups excluding carboxylic acids is 1. The molecule has 152 valence electrons. The Morgan fingerprint density at radius 1 is 1.14 bits per heavy atom. The number of nitrogens with zero attached hydrogens (tertiary/aromatic N) is 1. The van der Waals surface area contributed by atoms with Crippen molar-refractivity contribution in [2.75, 3.05) is 26.5 Å². The molecule has 0 atom stereocenters. The van der Waals surface area contributed by atoms with Crippen LogP contribution in [0.15, 0.2) is 47.4 Å². The van der Waals surface area contributed by atoms with Gasteiger partial charge in [0, 0.05) is 12.7 Å². The Labute approximate surface area is 160 Å². The van der Waals surface area contributed by atoms with E-state index in [0.29, 0.717) is 0 Å². The number of carbonyl (C=O) groups is 1. The van der Waals surface area contributed by atoms with E-state index in [2.05, 4.69) is 10.0 Å². The first-order valence-electron chi connectivity index (χ1n) is 7.83. The fraction of sp³-hybridized carbons (Fsp3) is 0.235. The van der Waals surface area contributed by atoms with Gasteiger partial charge in [0.25, 0.3) is 5.91 Å². The molecule has 0 spiro atoms. The maximum atomic E-state index is 12.9. The van der Waals surface area contributed by atoms with Crippen molar-refractivity contribution in [3.8, 4) is 0 Å². The summed E-state index contributed by atoms with van der Waals surface area (Å²) in [4.78, 5) is 17.2. The number of hydrogen-bond acceptors (Lipinski definition) is 5. The fourth-order valence-electron chi connectivity index (χ4n) is 2.28. The van der Waals surface area contributed by atoms with Gasteiger partial charge in [-0.1, -0.05) is 6.07 Å². The first kappa shape index (κ1) is 21.7. The highest BCUT2D eigenvalue weighted by Crippen LogP contribution is 2.32. The highest BCUT2D eigenvalue weighted by molar-refractivity contribution is 7.89. The average molecular weight is 417 g/mol. The van der Waals surface area contributed by atoms with Crippen molar-refractivity contribution in [3.63, 3.8) is 0 Å². The van der Waals surface area contributed by atoms with Crippen LogP contribution in [0.5, 0.6) is 0 Å². The Morgan fingerprint density at radius 3 is 2.39 bits per heavy atom. The Kier molecular flexibility index (Phi) is 6.32. The van der Waals surface area contributed by atoms with E-state index in [9.17, 15) is 26.4 Å².